The molecule has 0 fully saturated rings. The van der Waals surface area contributed by atoms with Crippen molar-refractivity contribution < 1.29 is 12.8 Å². The van der Waals surface area contributed by atoms with Crippen molar-refractivity contribution in [3.05, 3.63) is 35.8 Å². The van der Waals surface area contributed by atoms with Gasteiger partial charge in [-0.1, -0.05) is 0 Å². The van der Waals surface area contributed by atoms with E-state index in [0.29, 0.717) is 11.4 Å². The predicted molar refractivity (Wildman–Crippen MR) is 65.0 cm³/mol. The van der Waals surface area contributed by atoms with E-state index in [4.69, 9.17) is 0 Å². The maximum atomic E-state index is 13.7. The second-order valence-corrected chi connectivity index (χ2v) is 5.66. The van der Waals surface area contributed by atoms with Crippen molar-refractivity contribution in [2.24, 2.45) is 0 Å². The first-order valence-corrected chi connectivity index (χ1v) is 6.68. The van der Waals surface area contributed by atoms with Crippen LogP contribution in [0.4, 0.5) is 4.39 Å². The summed E-state index contributed by atoms with van der Waals surface area (Å²) in [4.78, 5) is 0.00801. The summed E-state index contributed by atoms with van der Waals surface area (Å²) in [5.74, 6) is -0.506. The lowest BCUT2D eigenvalue weighted by Gasteiger charge is -2.05. The second-order valence-electron chi connectivity index (χ2n) is 3.77. The number of nitrogens with zero attached hydrogens (tertiary/aromatic N) is 1. The van der Waals surface area contributed by atoms with E-state index in [-0.39, 0.29) is 10.5 Å². The van der Waals surface area contributed by atoms with Gasteiger partial charge in [0.25, 0.3) is 0 Å². The molecule has 18 heavy (non-hydrogen) atoms. The van der Waals surface area contributed by atoms with E-state index in [1.165, 1.54) is 19.2 Å². The third kappa shape index (κ3) is 2.27. The smallest absolute Gasteiger partial charge is 0.240 e. The molecule has 0 aliphatic rings. The molecule has 5 nitrogen and oxygen atoms in total. The fourth-order valence-electron chi connectivity index (χ4n) is 1.56. The van der Waals surface area contributed by atoms with E-state index in [1.54, 1.807) is 13.0 Å². The first-order valence-electron chi connectivity index (χ1n) is 5.19. The molecule has 96 valence electrons. The monoisotopic (exact) mass is 269 g/mol. The lowest BCUT2D eigenvalue weighted by Crippen LogP contribution is -2.18. The van der Waals surface area contributed by atoms with Gasteiger partial charge in [-0.05, 0) is 38.2 Å². The predicted octanol–water partition coefficient (Wildman–Crippen LogP) is 1.43. The quantitative estimate of drug-likeness (QED) is 0.885. The molecule has 0 bridgehead atoms. The van der Waals surface area contributed by atoms with Crippen LogP contribution in [0.25, 0.3) is 11.3 Å². The molecular formula is C11H12FN3O2S. The zero-order valence-electron chi connectivity index (χ0n) is 9.86. The lowest BCUT2D eigenvalue weighted by molar-refractivity contribution is 0.587. The normalized spacial score (nSPS) is 11.7. The van der Waals surface area contributed by atoms with Gasteiger partial charge in [0.1, 0.15) is 5.82 Å². The van der Waals surface area contributed by atoms with Gasteiger partial charge in [-0.3, -0.25) is 5.10 Å². The highest BCUT2D eigenvalue weighted by Gasteiger charge is 2.15. The Morgan fingerprint density at radius 2 is 2.06 bits per heavy atom. The fourth-order valence-corrected chi connectivity index (χ4v) is 2.31. The van der Waals surface area contributed by atoms with Gasteiger partial charge in [0, 0.05) is 5.56 Å². The Hall–Kier alpha value is -1.73. The van der Waals surface area contributed by atoms with Crippen LogP contribution in [0.1, 0.15) is 5.69 Å². The molecule has 1 aromatic carbocycles. The highest BCUT2D eigenvalue weighted by atomic mass is 32.2. The number of H-pyrrole nitrogens is 1. The Kier molecular flexibility index (Phi) is 3.18. The van der Waals surface area contributed by atoms with Crippen molar-refractivity contribution in [2.45, 2.75) is 11.8 Å². The maximum absolute atomic E-state index is 13.7. The summed E-state index contributed by atoms with van der Waals surface area (Å²) in [5, 5.41) is 6.54. The molecule has 0 spiro atoms. The molecule has 0 radical (unpaired) electrons. The number of hydrogen-bond donors (Lipinski definition) is 2. The van der Waals surface area contributed by atoms with E-state index in [9.17, 15) is 12.8 Å². The largest absolute Gasteiger partial charge is 0.277 e. The SMILES string of the molecule is CNS(=O)(=O)c1ccc(F)c(-c2cc(C)n[nH]2)c1. The van der Waals surface area contributed by atoms with E-state index in [2.05, 4.69) is 14.9 Å². The summed E-state index contributed by atoms with van der Waals surface area (Å²) >= 11 is 0. The third-order valence-electron chi connectivity index (χ3n) is 2.51. The summed E-state index contributed by atoms with van der Waals surface area (Å²) in [6.07, 6.45) is 0. The summed E-state index contributed by atoms with van der Waals surface area (Å²) in [6.45, 7) is 1.76. The molecular weight excluding hydrogens is 257 g/mol. The highest BCUT2D eigenvalue weighted by molar-refractivity contribution is 7.89. The van der Waals surface area contributed by atoms with Crippen molar-refractivity contribution in [1.82, 2.24) is 14.9 Å². The summed E-state index contributed by atoms with van der Waals surface area (Å²) < 4.78 is 39.2. The Balaban J connectivity index is 2.59. The number of benzene rings is 1. The summed E-state index contributed by atoms with van der Waals surface area (Å²) in [7, 11) is -2.29. The van der Waals surface area contributed by atoms with Gasteiger partial charge in [-0.25, -0.2) is 17.5 Å². The molecule has 0 saturated heterocycles. The molecule has 0 saturated carbocycles. The molecule has 0 aliphatic heterocycles. The maximum Gasteiger partial charge on any atom is 0.240 e. The van der Waals surface area contributed by atoms with Crippen LogP contribution >= 0.6 is 0 Å². The first-order chi connectivity index (χ1) is 8.44. The van der Waals surface area contributed by atoms with Crippen LogP contribution in [-0.4, -0.2) is 25.7 Å². The molecule has 2 rings (SSSR count). The van der Waals surface area contributed by atoms with Crippen LogP contribution in [-0.2, 0) is 10.0 Å². The standard InChI is InChI=1S/C11H12FN3O2S/c1-7-5-11(15-14-7)9-6-8(3-4-10(9)12)18(16,17)13-2/h3-6,13H,1-2H3,(H,14,15). The Morgan fingerprint density at radius 3 is 2.61 bits per heavy atom. The van der Waals surface area contributed by atoms with Gasteiger partial charge in [0.05, 0.1) is 16.3 Å². The minimum Gasteiger partial charge on any atom is -0.277 e. The average molecular weight is 269 g/mol. The number of hydrogen-bond acceptors (Lipinski definition) is 3. The molecule has 0 unspecified atom stereocenters. The Labute approximate surface area is 104 Å². The average Bonchev–Trinajstić information content (AvgIpc) is 2.76. The zero-order valence-corrected chi connectivity index (χ0v) is 10.7. The van der Waals surface area contributed by atoms with Crippen LogP contribution in [0.15, 0.2) is 29.2 Å². The highest BCUT2D eigenvalue weighted by Crippen LogP contribution is 2.24. The molecule has 0 aliphatic carbocycles. The van der Waals surface area contributed by atoms with Gasteiger partial charge in [-0.15, -0.1) is 0 Å². The van der Waals surface area contributed by atoms with Crippen LogP contribution in [0, 0.1) is 12.7 Å². The second kappa shape index (κ2) is 4.51. The van der Waals surface area contributed by atoms with Gasteiger partial charge < -0.3 is 0 Å². The fraction of sp³-hybridized carbons (Fsp3) is 0.182. The van der Waals surface area contributed by atoms with Crippen LogP contribution in [0.2, 0.25) is 0 Å². The van der Waals surface area contributed by atoms with Gasteiger partial charge in [0.2, 0.25) is 10.0 Å². The number of rotatable bonds is 3. The van der Waals surface area contributed by atoms with Gasteiger partial charge >= 0.3 is 0 Å². The van der Waals surface area contributed by atoms with Crippen LogP contribution in [0.5, 0.6) is 0 Å². The molecule has 1 heterocycles. The molecule has 1 aromatic heterocycles. The molecule has 2 aromatic rings. The lowest BCUT2D eigenvalue weighted by atomic mass is 10.1. The molecule has 2 N–H and O–H groups in total. The number of sulfonamides is 1. The van der Waals surface area contributed by atoms with Crippen molar-refractivity contribution in [3.63, 3.8) is 0 Å². The number of halogens is 1. The summed E-state index contributed by atoms with van der Waals surface area (Å²) in [5.41, 5.74) is 1.32. The topological polar surface area (TPSA) is 74.8 Å². The van der Waals surface area contributed by atoms with Crippen molar-refractivity contribution >= 4 is 10.0 Å². The molecule has 0 atom stereocenters. The van der Waals surface area contributed by atoms with Gasteiger partial charge in [-0.2, -0.15) is 5.10 Å². The zero-order chi connectivity index (χ0) is 13.3. The third-order valence-corrected chi connectivity index (χ3v) is 3.92. The van der Waals surface area contributed by atoms with E-state index < -0.39 is 15.8 Å². The van der Waals surface area contributed by atoms with E-state index in [1.807, 2.05) is 0 Å². The van der Waals surface area contributed by atoms with Crippen LogP contribution in [0.3, 0.4) is 0 Å². The number of aryl methyl sites for hydroxylation is 1. The van der Waals surface area contributed by atoms with Crippen LogP contribution < -0.4 is 4.72 Å². The van der Waals surface area contributed by atoms with E-state index >= 15 is 0 Å². The number of aromatic nitrogens is 2. The Bertz CT molecular complexity index is 679. The van der Waals surface area contributed by atoms with E-state index in [0.717, 1.165) is 6.07 Å². The molecule has 0 amide bonds. The van der Waals surface area contributed by atoms with Gasteiger partial charge in [0.15, 0.2) is 0 Å². The van der Waals surface area contributed by atoms with Crippen molar-refractivity contribution in [1.29, 1.82) is 0 Å². The number of aromatic amines is 1. The van der Waals surface area contributed by atoms with Crippen molar-refractivity contribution in [2.75, 3.05) is 7.05 Å². The number of nitrogens with one attached hydrogen (secondary N) is 2. The summed E-state index contributed by atoms with van der Waals surface area (Å²) in [6, 6.07) is 5.26. The minimum absolute atomic E-state index is 0.00801. The first kappa shape index (κ1) is 12.7. The molecule has 7 heteroatoms. The Morgan fingerprint density at radius 1 is 1.33 bits per heavy atom. The van der Waals surface area contributed by atoms with Crippen molar-refractivity contribution in [3.8, 4) is 11.3 Å². The minimum atomic E-state index is -3.59.